The van der Waals surface area contributed by atoms with Crippen LogP contribution in [0.5, 0.6) is 11.5 Å². The van der Waals surface area contributed by atoms with Gasteiger partial charge in [0.25, 0.3) is 5.91 Å². The van der Waals surface area contributed by atoms with Crippen LogP contribution in [0.3, 0.4) is 0 Å². The molecule has 0 fully saturated rings. The van der Waals surface area contributed by atoms with Crippen LogP contribution in [0.15, 0.2) is 77.0 Å². The van der Waals surface area contributed by atoms with Gasteiger partial charge in [0.1, 0.15) is 11.5 Å². The molecule has 162 valence electrons. The van der Waals surface area contributed by atoms with E-state index in [-0.39, 0.29) is 23.2 Å². The number of para-hydroxylation sites is 2. The number of phenols is 2. The molecular formula is C23H19ClN4O3S. The van der Waals surface area contributed by atoms with Crippen LogP contribution in [-0.2, 0) is 11.3 Å². The Morgan fingerprint density at radius 1 is 1.12 bits per heavy atom. The van der Waals surface area contributed by atoms with Gasteiger partial charge in [0.15, 0.2) is 5.16 Å². The number of carbonyl (C=O) groups excluding carboxylic acids is 1. The summed E-state index contributed by atoms with van der Waals surface area (Å²) >= 11 is 7.65. The number of imidazole rings is 1. The highest BCUT2D eigenvalue weighted by Gasteiger charge is 2.14. The van der Waals surface area contributed by atoms with Crippen LogP contribution in [0, 0.1) is 0 Å². The van der Waals surface area contributed by atoms with Gasteiger partial charge in [0, 0.05) is 16.7 Å². The lowest BCUT2D eigenvalue weighted by Gasteiger charge is -2.10. The number of hydrogen-bond acceptors (Lipinski definition) is 6. The number of aromatic hydroxyl groups is 2. The zero-order valence-electron chi connectivity index (χ0n) is 16.8. The van der Waals surface area contributed by atoms with Gasteiger partial charge in [0.05, 0.1) is 29.5 Å². The average Bonchev–Trinajstić information content (AvgIpc) is 3.13. The Morgan fingerprint density at radius 2 is 1.91 bits per heavy atom. The SMILES string of the molecule is O=C(CSc1nc2ccccc2n1Cc1ccccc1Cl)N/N=C/c1ccc(O)cc1O. The first-order valence-corrected chi connectivity index (χ1v) is 11.0. The molecule has 0 unspecified atom stereocenters. The molecule has 0 spiro atoms. The lowest BCUT2D eigenvalue weighted by atomic mass is 10.2. The minimum atomic E-state index is -0.319. The van der Waals surface area contributed by atoms with Crippen LogP contribution in [0.2, 0.25) is 5.02 Å². The fourth-order valence-electron chi connectivity index (χ4n) is 3.09. The number of nitrogens with one attached hydrogen (secondary N) is 1. The highest BCUT2D eigenvalue weighted by atomic mass is 35.5. The monoisotopic (exact) mass is 466 g/mol. The molecule has 4 rings (SSSR count). The molecule has 7 nitrogen and oxygen atoms in total. The van der Waals surface area contributed by atoms with E-state index in [1.165, 1.54) is 36.2 Å². The first-order chi connectivity index (χ1) is 15.5. The number of hydrogen-bond donors (Lipinski definition) is 3. The van der Waals surface area contributed by atoms with Crippen molar-refractivity contribution in [2.24, 2.45) is 5.10 Å². The third kappa shape index (κ3) is 5.04. The number of halogens is 1. The second kappa shape index (κ2) is 9.76. The summed E-state index contributed by atoms with van der Waals surface area (Å²) in [6, 6.07) is 19.5. The van der Waals surface area contributed by atoms with E-state index < -0.39 is 0 Å². The van der Waals surface area contributed by atoms with Crippen molar-refractivity contribution in [1.82, 2.24) is 15.0 Å². The smallest absolute Gasteiger partial charge is 0.250 e. The molecule has 3 aromatic carbocycles. The molecule has 0 saturated carbocycles. The van der Waals surface area contributed by atoms with Gasteiger partial charge in [-0.3, -0.25) is 4.79 Å². The van der Waals surface area contributed by atoms with Crippen LogP contribution in [-0.4, -0.2) is 37.6 Å². The molecule has 1 aromatic heterocycles. The summed E-state index contributed by atoms with van der Waals surface area (Å²) < 4.78 is 2.03. The molecular weight excluding hydrogens is 448 g/mol. The Hall–Kier alpha value is -3.49. The highest BCUT2D eigenvalue weighted by Crippen LogP contribution is 2.27. The van der Waals surface area contributed by atoms with Gasteiger partial charge in [-0.2, -0.15) is 5.10 Å². The fourth-order valence-corrected chi connectivity index (χ4v) is 4.09. The van der Waals surface area contributed by atoms with Crippen molar-refractivity contribution in [3.63, 3.8) is 0 Å². The van der Waals surface area contributed by atoms with Crippen LogP contribution in [0.1, 0.15) is 11.1 Å². The minimum Gasteiger partial charge on any atom is -0.508 e. The zero-order chi connectivity index (χ0) is 22.5. The van der Waals surface area contributed by atoms with E-state index in [2.05, 4.69) is 15.5 Å². The maximum absolute atomic E-state index is 12.3. The van der Waals surface area contributed by atoms with Crippen molar-refractivity contribution >= 4 is 46.5 Å². The molecule has 4 aromatic rings. The van der Waals surface area contributed by atoms with Crippen LogP contribution in [0.25, 0.3) is 11.0 Å². The van der Waals surface area contributed by atoms with Crippen molar-refractivity contribution in [3.05, 3.63) is 82.9 Å². The second-order valence-corrected chi connectivity index (χ2v) is 8.24. The number of thioether (sulfide) groups is 1. The lowest BCUT2D eigenvalue weighted by Crippen LogP contribution is -2.20. The Bertz CT molecular complexity index is 1310. The predicted molar refractivity (Wildman–Crippen MR) is 127 cm³/mol. The standard InChI is InChI=1S/C23H19ClN4O3S/c24-18-6-2-1-5-16(18)13-28-20-8-4-3-7-19(20)26-23(28)32-14-22(31)27-25-12-15-9-10-17(29)11-21(15)30/h1-12,29-30H,13-14H2,(H,27,31)/b25-12+. The van der Waals surface area contributed by atoms with Gasteiger partial charge < -0.3 is 14.8 Å². The van der Waals surface area contributed by atoms with Gasteiger partial charge >= 0.3 is 0 Å². The third-order valence-electron chi connectivity index (χ3n) is 4.65. The van der Waals surface area contributed by atoms with E-state index in [1.54, 1.807) is 0 Å². The summed E-state index contributed by atoms with van der Waals surface area (Å²) in [6.45, 7) is 0.530. The lowest BCUT2D eigenvalue weighted by molar-refractivity contribution is -0.118. The van der Waals surface area contributed by atoms with E-state index in [0.717, 1.165) is 16.6 Å². The van der Waals surface area contributed by atoms with Crippen LogP contribution in [0.4, 0.5) is 0 Å². The zero-order valence-corrected chi connectivity index (χ0v) is 18.3. The van der Waals surface area contributed by atoms with E-state index in [9.17, 15) is 15.0 Å². The van der Waals surface area contributed by atoms with Crippen molar-refractivity contribution in [2.45, 2.75) is 11.7 Å². The maximum Gasteiger partial charge on any atom is 0.250 e. The topological polar surface area (TPSA) is 99.7 Å². The number of phenolic OH excluding ortho intramolecular Hbond substituents is 2. The van der Waals surface area contributed by atoms with E-state index in [1.807, 2.05) is 53.1 Å². The number of carbonyl (C=O) groups is 1. The van der Waals surface area contributed by atoms with E-state index in [0.29, 0.717) is 22.3 Å². The third-order valence-corrected chi connectivity index (χ3v) is 5.99. The number of amides is 1. The largest absolute Gasteiger partial charge is 0.508 e. The van der Waals surface area contributed by atoms with Crippen LogP contribution >= 0.6 is 23.4 Å². The number of fused-ring (bicyclic) bond motifs is 1. The molecule has 3 N–H and O–H groups in total. The van der Waals surface area contributed by atoms with Crippen LogP contribution < -0.4 is 5.43 Å². The van der Waals surface area contributed by atoms with Crippen molar-refractivity contribution in [3.8, 4) is 11.5 Å². The second-order valence-electron chi connectivity index (χ2n) is 6.89. The highest BCUT2D eigenvalue weighted by molar-refractivity contribution is 7.99. The van der Waals surface area contributed by atoms with Crippen molar-refractivity contribution in [1.29, 1.82) is 0 Å². The number of benzene rings is 3. The molecule has 9 heteroatoms. The summed E-state index contributed by atoms with van der Waals surface area (Å²) in [4.78, 5) is 16.9. The van der Waals surface area contributed by atoms with Gasteiger partial charge in [-0.25, -0.2) is 10.4 Å². The maximum atomic E-state index is 12.3. The minimum absolute atomic E-state index is 0.0558. The summed E-state index contributed by atoms with van der Waals surface area (Å²) in [7, 11) is 0. The molecule has 0 aliphatic carbocycles. The molecule has 0 atom stereocenters. The molecule has 1 amide bonds. The summed E-state index contributed by atoms with van der Waals surface area (Å²) in [5.74, 6) is -0.406. The first-order valence-electron chi connectivity index (χ1n) is 9.66. The average molecular weight is 467 g/mol. The summed E-state index contributed by atoms with van der Waals surface area (Å²) in [6.07, 6.45) is 1.31. The summed E-state index contributed by atoms with van der Waals surface area (Å²) in [5.41, 5.74) is 5.56. The summed E-state index contributed by atoms with van der Waals surface area (Å²) in [5, 5.41) is 24.3. The number of aromatic nitrogens is 2. The molecule has 0 aliphatic rings. The molecule has 0 saturated heterocycles. The Labute approximate surface area is 193 Å². The van der Waals surface area contributed by atoms with E-state index in [4.69, 9.17) is 11.6 Å². The number of rotatable bonds is 7. The normalized spacial score (nSPS) is 11.3. The Morgan fingerprint density at radius 3 is 2.72 bits per heavy atom. The Balaban J connectivity index is 1.46. The van der Waals surface area contributed by atoms with Gasteiger partial charge in [-0.15, -0.1) is 0 Å². The van der Waals surface area contributed by atoms with Crippen molar-refractivity contribution < 1.29 is 15.0 Å². The van der Waals surface area contributed by atoms with Gasteiger partial charge in [0.2, 0.25) is 0 Å². The quantitative estimate of drug-likeness (QED) is 0.213. The predicted octanol–water partition coefficient (Wildman–Crippen LogP) is 4.39. The number of hydrazone groups is 1. The molecule has 0 aliphatic heterocycles. The van der Waals surface area contributed by atoms with Crippen molar-refractivity contribution in [2.75, 3.05) is 5.75 Å². The first kappa shape index (κ1) is 21.7. The number of nitrogens with zero attached hydrogens (tertiary/aromatic N) is 3. The fraction of sp³-hybridized carbons (Fsp3) is 0.0870. The molecule has 0 radical (unpaired) electrons. The molecule has 0 bridgehead atoms. The van der Waals surface area contributed by atoms with E-state index >= 15 is 0 Å². The van der Waals surface area contributed by atoms with Gasteiger partial charge in [-0.1, -0.05) is 53.7 Å². The molecule has 32 heavy (non-hydrogen) atoms. The van der Waals surface area contributed by atoms with Gasteiger partial charge in [-0.05, 0) is 35.9 Å². The Kier molecular flexibility index (Phi) is 6.63. The molecule has 1 heterocycles.